The number of carbonyl (C=O) groups excluding carboxylic acids is 2. The highest BCUT2D eigenvalue weighted by Crippen LogP contribution is 2.61. The van der Waals surface area contributed by atoms with Crippen molar-refractivity contribution in [1.82, 2.24) is 4.90 Å². The van der Waals surface area contributed by atoms with Gasteiger partial charge in [-0.2, -0.15) is 0 Å². The number of benzene rings is 1. The first-order valence-corrected chi connectivity index (χ1v) is 10.9. The van der Waals surface area contributed by atoms with Gasteiger partial charge in [-0.3, -0.25) is 14.5 Å². The lowest BCUT2D eigenvalue weighted by molar-refractivity contribution is -0.140. The highest BCUT2D eigenvalue weighted by Gasteiger charge is 2.51. The minimum Gasteiger partial charge on any atom is -0.282 e. The van der Waals surface area contributed by atoms with Crippen LogP contribution in [0.25, 0.3) is 0 Å². The van der Waals surface area contributed by atoms with E-state index in [0.29, 0.717) is 24.8 Å². The van der Waals surface area contributed by atoms with Gasteiger partial charge in [-0.15, -0.1) is 0 Å². The topological polar surface area (TPSA) is 37.4 Å². The second-order valence-electron chi connectivity index (χ2n) is 10.1. The number of hydrogen-bond donors (Lipinski definition) is 0. The maximum absolute atomic E-state index is 12.9. The molecule has 5 fully saturated rings. The molecule has 1 aliphatic heterocycles. The first-order valence-electron chi connectivity index (χ1n) is 10.9. The number of carbonyl (C=O) groups is 2. The first-order chi connectivity index (χ1) is 13.0. The first kappa shape index (κ1) is 17.5. The minimum atomic E-state index is -0.156. The van der Waals surface area contributed by atoms with E-state index in [2.05, 4.69) is 31.2 Å². The third kappa shape index (κ3) is 3.23. The zero-order valence-corrected chi connectivity index (χ0v) is 16.5. The van der Waals surface area contributed by atoms with E-state index in [0.717, 1.165) is 29.7 Å². The molecule has 3 nitrogen and oxygen atoms in total. The van der Waals surface area contributed by atoms with Gasteiger partial charge in [-0.05, 0) is 87.0 Å². The van der Waals surface area contributed by atoms with Gasteiger partial charge in [0.05, 0.1) is 5.92 Å². The number of aryl methyl sites for hydroxylation is 1. The predicted octanol–water partition coefficient (Wildman–Crippen LogP) is 4.52. The average Bonchev–Trinajstić information content (AvgIpc) is 2.87. The van der Waals surface area contributed by atoms with Crippen LogP contribution in [0.5, 0.6) is 0 Å². The van der Waals surface area contributed by atoms with Crippen LogP contribution in [-0.4, -0.2) is 23.3 Å². The van der Waals surface area contributed by atoms with E-state index in [1.54, 1.807) is 4.90 Å². The fourth-order valence-corrected chi connectivity index (χ4v) is 7.10. The van der Waals surface area contributed by atoms with Crippen LogP contribution < -0.4 is 0 Å². The summed E-state index contributed by atoms with van der Waals surface area (Å²) in [4.78, 5) is 27.1. The Balaban J connectivity index is 1.23. The third-order valence-corrected chi connectivity index (χ3v) is 7.97. The molecule has 4 bridgehead atoms. The molecule has 0 radical (unpaired) electrons. The summed E-state index contributed by atoms with van der Waals surface area (Å²) < 4.78 is 0. The lowest BCUT2D eigenvalue weighted by atomic mass is 9.49. The van der Waals surface area contributed by atoms with E-state index < -0.39 is 0 Å². The van der Waals surface area contributed by atoms with Gasteiger partial charge in [0.25, 0.3) is 0 Å². The van der Waals surface area contributed by atoms with Crippen LogP contribution >= 0.6 is 0 Å². The van der Waals surface area contributed by atoms with Gasteiger partial charge in [-0.25, -0.2) is 0 Å². The van der Waals surface area contributed by atoms with Crippen molar-refractivity contribution in [2.24, 2.45) is 29.1 Å². The zero-order valence-electron chi connectivity index (χ0n) is 16.5. The smallest absolute Gasteiger partial charge is 0.233 e. The fourth-order valence-electron chi connectivity index (χ4n) is 7.10. The van der Waals surface area contributed by atoms with Crippen LogP contribution in [-0.2, 0) is 16.0 Å². The summed E-state index contributed by atoms with van der Waals surface area (Å²) >= 11 is 0. The van der Waals surface area contributed by atoms with Crippen LogP contribution in [0.3, 0.4) is 0 Å². The summed E-state index contributed by atoms with van der Waals surface area (Å²) in [5.41, 5.74) is 2.82. The van der Waals surface area contributed by atoms with Crippen LogP contribution in [0, 0.1) is 36.0 Å². The molecule has 0 aromatic heterocycles. The number of amides is 2. The maximum atomic E-state index is 12.9. The van der Waals surface area contributed by atoms with Crippen molar-refractivity contribution >= 4 is 11.8 Å². The molecule has 3 heteroatoms. The number of likely N-dealkylation sites (tertiary alicyclic amines) is 1. The highest BCUT2D eigenvalue weighted by molar-refractivity contribution is 6.03. The van der Waals surface area contributed by atoms with Gasteiger partial charge in [0.15, 0.2) is 0 Å². The molecule has 1 atom stereocenters. The summed E-state index contributed by atoms with van der Waals surface area (Å²) in [6.07, 6.45) is 10.5. The molecule has 0 unspecified atom stereocenters. The molecule has 5 aliphatic rings. The van der Waals surface area contributed by atoms with Crippen molar-refractivity contribution in [2.75, 3.05) is 6.54 Å². The average molecular weight is 366 g/mol. The van der Waals surface area contributed by atoms with Gasteiger partial charge >= 0.3 is 0 Å². The second-order valence-corrected chi connectivity index (χ2v) is 10.1. The van der Waals surface area contributed by atoms with Gasteiger partial charge in [-0.1, -0.05) is 29.8 Å². The summed E-state index contributed by atoms with van der Waals surface area (Å²) in [7, 11) is 0. The van der Waals surface area contributed by atoms with Crippen molar-refractivity contribution in [3.8, 4) is 0 Å². The van der Waals surface area contributed by atoms with E-state index in [4.69, 9.17) is 0 Å². The van der Waals surface area contributed by atoms with E-state index in [1.165, 1.54) is 44.1 Å². The lowest BCUT2D eigenvalue weighted by Crippen LogP contribution is -2.47. The molecule has 27 heavy (non-hydrogen) atoms. The zero-order chi connectivity index (χ0) is 18.6. The van der Waals surface area contributed by atoms with Crippen molar-refractivity contribution in [2.45, 2.75) is 64.7 Å². The molecule has 2 amide bonds. The molecule has 1 aromatic carbocycles. The Labute approximate surface area is 162 Å². The van der Waals surface area contributed by atoms with E-state index in [-0.39, 0.29) is 17.7 Å². The Morgan fingerprint density at radius 3 is 2.15 bits per heavy atom. The Morgan fingerprint density at radius 1 is 0.963 bits per heavy atom. The van der Waals surface area contributed by atoms with Crippen LogP contribution in [0.2, 0.25) is 0 Å². The normalized spacial score (nSPS) is 37.4. The summed E-state index contributed by atoms with van der Waals surface area (Å²) in [6, 6.07) is 8.35. The maximum Gasteiger partial charge on any atom is 0.233 e. The van der Waals surface area contributed by atoms with Gasteiger partial charge in [0.2, 0.25) is 11.8 Å². The Morgan fingerprint density at radius 2 is 1.56 bits per heavy atom. The number of nitrogens with zero attached hydrogens (tertiary/aromatic N) is 1. The Bertz CT molecular complexity index is 715. The summed E-state index contributed by atoms with van der Waals surface area (Å²) in [6.45, 7) is 2.73. The molecule has 1 saturated heterocycles. The molecule has 0 spiro atoms. The number of rotatable bonds is 5. The highest BCUT2D eigenvalue weighted by atomic mass is 16.2. The standard InChI is InChI=1S/C24H31NO2/c1-16-2-4-17(5-3-16)11-21-12-22(26)25(23(21)27)7-6-24-13-18-8-19(14-24)10-20(9-18)15-24/h2-5,18-21H,6-15H2,1H3/t18?,19?,20?,21-,24?/m0/s1. The van der Waals surface area contributed by atoms with Crippen molar-refractivity contribution in [3.63, 3.8) is 0 Å². The van der Waals surface area contributed by atoms with E-state index in [9.17, 15) is 9.59 Å². The number of imide groups is 1. The van der Waals surface area contributed by atoms with Crippen molar-refractivity contribution < 1.29 is 9.59 Å². The SMILES string of the molecule is Cc1ccc(C[C@H]2CC(=O)N(CCC34CC5CC(CC(C5)C3)C4)C2=O)cc1. The lowest BCUT2D eigenvalue weighted by Gasteiger charge is -2.57. The van der Waals surface area contributed by atoms with Gasteiger partial charge < -0.3 is 0 Å². The molecule has 6 rings (SSSR count). The molecule has 144 valence electrons. The summed E-state index contributed by atoms with van der Waals surface area (Å²) in [5, 5.41) is 0. The molecular formula is C24H31NO2. The van der Waals surface area contributed by atoms with Gasteiger partial charge in [0.1, 0.15) is 0 Å². The van der Waals surface area contributed by atoms with Gasteiger partial charge in [0, 0.05) is 13.0 Å². The van der Waals surface area contributed by atoms with E-state index >= 15 is 0 Å². The molecular weight excluding hydrogens is 334 g/mol. The summed E-state index contributed by atoms with van der Waals surface area (Å²) in [5.74, 6) is 2.75. The molecule has 0 N–H and O–H groups in total. The molecule has 1 aromatic rings. The van der Waals surface area contributed by atoms with Crippen molar-refractivity contribution in [1.29, 1.82) is 0 Å². The van der Waals surface area contributed by atoms with Crippen molar-refractivity contribution in [3.05, 3.63) is 35.4 Å². The van der Waals surface area contributed by atoms with Crippen LogP contribution in [0.15, 0.2) is 24.3 Å². The molecule has 1 heterocycles. The fraction of sp³-hybridized carbons (Fsp3) is 0.667. The Kier molecular flexibility index (Phi) is 4.18. The third-order valence-electron chi connectivity index (χ3n) is 7.97. The molecule has 4 aliphatic carbocycles. The van der Waals surface area contributed by atoms with Crippen LogP contribution in [0.4, 0.5) is 0 Å². The quantitative estimate of drug-likeness (QED) is 0.720. The second kappa shape index (κ2) is 6.46. The monoisotopic (exact) mass is 365 g/mol. The van der Waals surface area contributed by atoms with E-state index in [1.807, 2.05) is 0 Å². The molecule has 4 saturated carbocycles. The Hall–Kier alpha value is -1.64. The largest absolute Gasteiger partial charge is 0.282 e. The van der Waals surface area contributed by atoms with Crippen LogP contribution in [0.1, 0.15) is 62.5 Å². The predicted molar refractivity (Wildman–Crippen MR) is 105 cm³/mol. The number of hydrogen-bond acceptors (Lipinski definition) is 2. The minimum absolute atomic E-state index is 0.0573.